The van der Waals surface area contributed by atoms with Crippen molar-refractivity contribution in [3.05, 3.63) is 90.3 Å². The molecule has 4 rings (SSSR count). The fourth-order valence-electron chi connectivity index (χ4n) is 3.07. The van der Waals surface area contributed by atoms with E-state index in [2.05, 4.69) is 47.5 Å². The van der Waals surface area contributed by atoms with E-state index in [1.807, 2.05) is 54.9 Å². The van der Waals surface area contributed by atoms with Gasteiger partial charge in [-0.1, -0.05) is 36.4 Å². The molecular weight excluding hydrogens is 308 g/mol. The van der Waals surface area contributed by atoms with Crippen molar-refractivity contribution in [2.75, 3.05) is 0 Å². The molecule has 25 heavy (non-hydrogen) atoms. The Morgan fingerprint density at radius 2 is 1.76 bits per heavy atom. The molecule has 1 unspecified atom stereocenters. The van der Waals surface area contributed by atoms with Crippen LogP contribution in [0.2, 0.25) is 0 Å². The Kier molecular flexibility index (Phi) is 3.98. The van der Waals surface area contributed by atoms with Crippen LogP contribution in [0, 0.1) is 6.92 Å². The number of benzene rings is 2. The molecule has 0 aliphatic carbocycles. The molecule has 2 aromatic heterocycles. The molecule has 0 N–H and O–H groups in total. The highest BCUT2D eigenvalue weighted by molar-refractivity contribution is 5.65. The molecule has 0 aliphatic heterocycles. The van der Waals surface area contributed by atoms with E-state index in [4.69, 9.17) is 4.74 Å². The third kappa shape index (κ3) is 3.01. The lowest BCUT2D eigenvalue weighted by Gasteiger charge is -2.17. The second-order valence-corrected chi connectivity index (χ2v) is 6.22. The number of hydrogen-bond donors (Lipinski definition) is 0. The van der Waals surface area contributed by atoms with Gasteiger partial charge in [0.2, 0.25) is 0 Å². The highest BCUT2D eigenvalue weighted by atomic mass is 16.5. The van der Waals surface area contributed by atoms with Crippen LogP contribution in [-0.2, 0) is 0 Å². The lowest BCUT2D eigenvalue weighted by molar-refractivity contribution is 0.225. The van der Waals surface area contributed by atoms with Crippen molar-refractivity contribution in [2.24, 2.45) is 0 Å². The summed E-state index contributed by atoms with van der Waals surface area (Å²) >= 11 is 0. The van der Waals surface area contributed by atoms with Gasteiger partial charge in [0.1, 0.15) is 17.5 Å². The average Bonchev–Trinajstić information content (AvgIpc) is 3.08. The van der Waals surface area contributed by atoms with Gasteiger partial charge < -0.3 is 4.74 Å². The molecule has 0 amide bonds. The van der Waals surface area contributed by atoms with Crippen LogP contribution in [-0.4, -0.2) is 9.38 Å². The summed E-state index contributed by atoms with van der Waals surface area (Å²) in [6.45, 7) is 4.16. The van der Waals surface area contributed by atoms with Gasteiger partial charge in [-0.25, -0.2) is 4.98 Å². The largest absolute Gasteiger partial charge is 0.486 e. The number of fused-ring (bicyclic) bond motifs is 1. The first-order valence-corrected chi connectivity index (χ1v) is 8.47. The quantitative estimate of drug-likeness (QED) is 0.498. The van der Waals surface area contributed by atoms with Gasteiger partial charge in [0.25, 0.3) is 0 Å². The summed E-state index contributed by atoms with van der Waals surface area (Å²) in [5.41, 5.74) is 5.46. The number of pyridine rings is 1. The number of rotatable bonds is 4. The third-order valence-corrected chi connectivity index (χ3v) is 4.46. The summed E-state index contributed by atoms with van der Waals surface area (Å²) in [4.78, 5) is 4.47. The van der Waals surface area contributed by atoms with Crippen molar-refractivity contribution in [2.45, 2.75) is 20.0 Å². The van der Waals surface area contributed by atoms with Crippen molar-refractivity contribution in [3.63, 3.8) is 0 Å². The first-order chi connectivity index (χ1) is 12.2. The van der Waals surface area contributed by atoms with E-state index >= 15 is 0 Å². The van der Waals surface area contributed by atoms with E-state index < -0.39 is 0 Å². The molecule has 3 heteroatoms. The topological polar surface area (TPSA) is 26.5 Å². The van der Waals surface area contributed by atoms with E-state index in [9.17, 15) is 0 Å². The van der Waals surface area contributed by atoms with Crippen LogP contribution in [0.1, 0.15) is 24.2 Å². The van der Waals surface area contributed by atoms with Crippen LogP contribution in [0.15, 0.2) is 79.1 Å². The van der Waals surface area contributed by atoms with E-state index in [1.165, 1.54) is 5.56 Å². The maximum Gasteiger partial charge on any atom is 0.137 e. The maximum absolute atomic E-state index is 6.17. The van der Waals surface area contributed by atoms with E-state index in [-0.39, 0.29) is 6.10 Å². The zero-order valence-corrected chi connectivity index (χ0v) is 14.4. The van der Waals surface area contributed by atoms with Crippen LogP contribution in [0.25, 0.3) is 16.9 Å². The molecule has 4 aromatic rings. The van der Waals surface area contributed by atoms with Crippen molar-refractivity contribution in [1.29, 1.82) is 0 Å². The molecule has 0 bridgehead atoms. The lowest BCUT2D eigenvalue weighted by Crippen LogP contribution is -2.04. The molecule has 1 atom stereocenters. The Balaban J connectivity index is 1.63. The normalized spacial score (nSPS) is 12.2. The molecule has 124 valence electrons. The highest BCUT2D eigenvalue weighted by Gasteiger charge is 2.11. The third-order valence-electron chi connectivity index (χ3n) is 4.46. The van der Waals surface area contributed by atoms with Crippen LogP contribution in [0.4, 0.5) is 0 Å². The Hall–Kier alpha value is -3.07. The lowest BCUT2D eigenvalue weighted by atomic mass is 10.1. The number of nitrogens with zero attached hydrogens (tertiary/aromatic N) is 2. The molecule has 0 radical (unpaired) electrons. The van der Waals surface area contributed by atoms with E-state index in [1.54, 1.807) is 0 Å². The molecule has 2 heterocycles. The van der Waals surface area contributed by atoms with Gasteiger partial charge in [0.15, 0.2) is 0 Å². The predicted molar refractivity (Wildman–Crippen MR) is 101 cm³/mol. The van der Waals surface area contributed by atoms with Crippen LogP contribution in [0.5, 0.6) is 5.75 Å². The first kappa shape index (κ1) is 15.5. The second-order valence-electron chi connectivity index (χ2n) is 6.22. The molecule has 2 aromatic carbocycles. The first-order valence-electron chi connectivity index (χ1n) is 8.47. The van der Waals surface area contributed by atoms with Crippen LogP contribution in [0.3, 0.4) is 0 Å². The fourth-order valence-corrected chi connectivity index (χ4v) is 3.07. The van der Waals surface area contributed by atoms with Gasteiger partial charge in [-0.3, -0.25) is 4.40 Å². The maximum atomic E-state index is 6.17. The predicted octanol–water partition coefficient (Wildman–Crippen LogP) is 5.45. The van der Waals surface area contributed by atoms with E-state index in [0.29, 0.717) is 0 Å². The Bertz CT molecular complexity index is 1000. The standard InChI is InChI=1S/C22H20N2O/c1-16-14-19(20-15-23-22-10-6-7-13-24(20)22)11-12-21(16)25-17(2)18-8-4-3-5-9-18/h3-15,17H,1-2H3. The van der Waals surface area contributed by atoms with Gasteiger partial charge in [-0.2, -0.15) is 0 Å². The number of ether oxygens (including phenoxy) is 1. The monoisotopic (exact) mass is 328 g/mol. The number of aryl methyl sites for hydroxylation is 1. The minimum absolute atomic E-state index is 0.0153. The van der Waals surface area contributed by atoms with Gasteiger partial charge >= 0.3 is 0 Å². The van der Waals surface area contributed by atoms with Crippen LogP contribution >= 0.6 is 0 Å². The van der Waals surface area contributed by atoms with Gasteiger partial charge in [0.05, 0.1) is 11.9 Å². The Morgan fingerprint density at radius 1 is 0.960 bits per heavy atom. The summed E-state index contributed by atoms with van der Waals surface area (Å²) in [7, 11) is 0. The fraction of sp³-hybridized carbons (Fsp3) is 0.136. The molecule has 0 fully saturated rings. The molecule has 0 saturated heterocycles. The van der Waals surface area contributed by atoms with Gasteiger partial charge in [0, 0.05) is 11.8 Å². The molecule has 0 aliphatic rings. The van der Waals surface area contributed by atoms with Crippen LogP contribution < -0.4 is 4.74 Å². The minimum Gasteiger partial charge on any atom is -0.486 e. The SMILES string of the molecule is Cc1cc(-c2cnc3ccccn23)ccc1OC(C)c1ccccc1. The molecule has 3 nitrogen and oxygen atoms in total. The second kappa shape index (κ2) is 6.44. The minimum atomic E-state index is 0.0153. The van der Waals surface area contributed by atoms with Gasteiger partial charge in [-0.15, -0.1) is 0 Å². The van der Waals surface area contributed by atoms with Crippen molar-refractivity contribution >= 4 is 5.65 Å². The number of hydrogen-bond acceptors (Lipinski definition) is 2. The molecule has 0 saturated carbocycles. The van der Waals surface area contributed by atoms with E-state index in [0.717, 1.165) is 28.2 Å². The number of aromatic nitrogens is 2. The number of imidazole rings is 1. The average molecular weight is 328 g/mol. The summed E-state index contributed by atoms with van der Waals surface area (Å²) in [6, 6.07) is 22.6. The van der Waals surface area contributed by atoms with Gasteiger partial charge in [-0.05, 0) is 55.3 Å². The highest BCUT2D eigenvalue weighted by Crippen LogP contribution is 2.29. The van der Waals surface area contributed by atoms with Crippen molar-refractivity contribution in [3.8, 4) is 17.0 Å². The summed E-state index contributed by atoms with van der Waals surface area (Å²) in [5, 5.41) is 0. The molecule has 0 spiro atoms. The zero-order chi connectivity index (χ0) is 17.2. The van der Waals surface area contributed by atoms with Crippen molar-refractivity contribution in [1.82, 2.24) is 9.38 Å². The smallest absolute Gasteiger partial charge is 0.137 e. The van der Waals surface area contributed by atoms with Crippen molar-refractivity contribution < 1.29 is 4.74 Å². The summed E-state index contributed by atoms with van der Waals surface area (Å²) in [5.74, 6) is 0.911. The Morgan fingerprint density at radius 3 is 2.56 bits per heavy atom. The summed E-state index contributed by atoms with van der Waals surface area (Å²) in [6.07, 6.45) is 3.97. The Labute approximate surface area is 147 Å². The molecular formula is C22H20N2O. The zero-order valence-electron chi connectivity index (χ0n) is 14.4. The summed E-state index contributed by atoms with van der Waals surface area (Å²) < 4.78 is 8.27.